The number of aliphatic imine (C=N–C) groups is 1. The number of aryl methyl sites for hydroxylation is 2. The van der Waals surface area contributed by atoms with Crippen molar-refractivity contribution in [3.8, 4) is 0 Å². The molecular formula is C14H23IN6S. The highest BCUT2D eigenvalue weighted by molar-refractivity contribution is 14.0. The molecule has 0 fully saturated rings. The molecule has 0 saturated heterocycles. The highest BCUT2D eigenvalue weighted by Crippen LogP contribution is 2.10. The third kappa shape index (κ3) is 6.73. The predicted octanol–water partition coefficient (Wildman–Crippen LogP) is 2.06. The first-order chi connectivity index (χ1) is 10.3. The van der Waals surface area contributed by atoms with Crippen molar-refractivity contribution in [3.05, 3.63) is 34.5 Å². The van der Waals surface area contributed by atoms with Gasteiger partial charge in [-0.1, -0.05) is 0 Å². The van der Waals surface area contributed by atoms with Crippen molar-refractivity contribution in [2.75, 3.05) is 20.1 Å². The number of rotatable bonds is 7. The van der Waals surface area contributed by atoms with Gasteiger partial charge in [-0.05, 0) is 19.4 Å². The van der Waals surface area contributed by atoms with Crippen molar-refractivity contribution < 1.29 is 0 Å². The fourth-order valence-corrected chi connectivity index (χ4v) is 2.69. The second-order valence-electron chi connectivity index (χ2n) is 4.66. The van der Waals surface area contributed by atoms with Gasteiger partial charge in [-0.25, -0.2) is 4.98 Å². The van der Waals surface area contributed by atoms with E-state index in [2.05, 4.69) is 32.6 Å². The minimum absolute atomic E-state index is 0. The maximum absolute atomic E-state index is 4.35. The standard InChI is InChI=1S/C14H22N6S.HI/c1-12-11-18-13(21-12)5-8-17-14(15-2)16-6-3-9-20-10-4-7-19-20;/h4,7,10-11H,3,5-6,8-9H2,1-2H3,(H2,15,16,17);1H. The van der Waals surface area contributed by atoms with E-state index in [0.717, 1.165) is 43.4 Å². The molecule has 2 aromatic heterocycles. The normalized spacial score (nSPS) is 11.1. The van der Waals surface area contributed by atoms with Gasteiger partial charge in [0.15, 0.2) is 5.96 Å². The summed E-state index contributed by atoms with van der Waals surface area (Å²) in [5.74, 6) is 0.837. The third-order valence-electron chi connectivity index (χ3n) is 2.94. The summed E-state index contributed by atoms with van der Waals surface area (Å²) in [6, 6.07) is 1.94. The van der Waals surface area contributed by atoms with Crippen LogP contribution in [0.2, 0.25) is 0 Å². The molecule has 122 valence electrons. The molecule has 0 unspecified atom stereocenters. The first-order valence-corrected chi connectivity index (χ1v) is 7.93. The molecule has 2 N–H and O–H groups in total. The zero-order valence-corrected chi connectivity index (χ0v) is 16.1. The fraction of sp³-hybridized carbons (Fsp3) is 0.500. The summed E-state index contributed by atoms with van der Waals surface area (Å²) < 4.78 is 1.93. The molecular weight excluding hydrogens is 411 g/mol. The summed E-state index contributed by atoms with van der Waals surface area (Å²) in [4.78, 5) is 9.82. The van der Waals surface area contributed by atoms with Gasteiger partial charge in [-0.2, -0.15) is 5.10 Å². The van der Waals surface area contributed by atoms with Crippen LogP contribution < -0.4 is 10.6 Å². The Bertz CT molecular complexity index is 551. The molecule has 0 amide bonds. The van der Waals surface area contributed by atoms with Crippen molar-refractivity contribution in [1.82, 2.24) is 25.4 Å². The van der Waals surface area contributed by atoms with Gasteiger partial charge in [0.25, 0.3) is 0 Å². The van der Waals surface area contributed by atoms with Crippen molar-refractivity contribution in [2.24, 2.45) is 4.99 Å². The van der Waals surface area contributed by atoms with Gasteiger partial charge in [0.1, 0.15) is 0 Å². The largest absolute Gasteiger partial charge is 0.356 e. The number of thiazole rings is 1. The van der Waals surface area contributed by atoms with E-state index in [0.29, 0.717) is 0 Å². The molecule has 2 aromatic rings. The van der Waals surface area contributed by atoms with Crippen LogP contribution in [-0.2, 0) is 13.0 Å². The molecule has 0 atom stereocenters. The summed E-state index contributed by atoms with van der Waals surface area (Å²) in [6.45, 7) is 4.70. The average molecular weight is 434 g/mol. The second-order valence-corrected chi connectivity index (χ2v) is 5.98. The fourth-order valence-electron chi connectivity index (χ4n) is 1.91. The van der Waals surface area contributed by atoms with Crippen LogP contribution in [0, 0.1) is 6.92 Å². The Morgan fingerprint density at radius 2 is 2.18 bits per heavy atom. The molecule has 0 saturated carbocycles. The lowest BCUT2D eigenvalue weighted by atomic mass is 10.4. The number of hydrogen-bond donors (Lipinski definition) is 2. The van der Waals surface area contributed by atoms with E-state index in [-0.39, 0.29) is 24.0 Å². The number of guanidine groups is 1. The van der Waals surface area contributed by atoms with Gasteiger partial charge in [0.05, 0.1) is 5.01 Å². The van der Waals surface area contributed by atoms with E-state index in [1.54, 1.807) is 24.6 Å². The third-order valence-corrected chi connectivity index (χ3v) is 3.91. The molecule has 0 aliphatic heterocycles. The maximum Gasteiger partial charge on any atom is 0.190 e. The highest BCUT2D eigenvalue weighted by Gasteiger charge is 2.00. The molecule has 0 bridgehead atoms. The molecule has 0 aliphatic rings. The maximum atomic E-state index is 4.35. The quantitative estimate of drug-likeness (QED) is 0.303. The summed E-state index contributed by atoms with van der Waals surface area (Å²) >= 11 is 1.75. The summed E-state index contributed by atoms with van der Waals surface area (Å²) in [7, 11) is 1.79. The van der Waals surface area contributed by atoms with Gasteiger partial charge >= 0.3 is 0 Å². The zero-order valence-electron chi connectivity index (χ0n) is 13.0. The lowest BCUT2D eigenvalue weighted by Gasteiger charge is -2.11. The number of hydrogen-bond acceptors (Lipinski definition) is 4. The van der Waals surface area contributed by atoms with Gasteiger partial charge in [0.2, 0.25) is 0 Å². The van der Waals surface area contributed by atoms with Gasteiger partial charge < -0.3 is 10.6 Å². The SMILES string of the molecule is CN=C(NCCCn1cccn1)NCCc1ncc(C)s1.I. The lowest BCUT2D eigenvalue weighted by molar-refractivity contribution is 0.570. The van der Waals surface area contributed by atoms with Gasteiger partial charge in [-0.3, -0.25) is 9.67 Å². The Morgan fingerprint density at radius 3 is 2.82 bits per heavy atom. The Hall–Kier alpha value is -1.16. The van der Waals surface area contributed by atoms with E-state index in [1.807, 2.05) is 23.1 Å². The van der Waals surface area contributed by atoms with E-state index >= 15 is 0 Å². The van der Waals surface area contributed by atoms with Crippen LogP contribution in [0.4, 0.5) is 0 Å². The van der Waals surface area contributed by atoms with E-state index in [9.17, 15) is 0 Å². The van der Waals surface area contributed by atoms with E-state index < -0.39 is 0 Å². The highest BCUT2D eigenvalue weighted by atomic mass is 127. The summed E-state index contributed by atoms with van der Waals surface area (Å²) in [5.41, 5.74) is 0. The minimum Gasteiger partial charge on any atom is -0.356 e. The zero-order chi connectivity index (χ0) is 14.9. The molecule has 8 heteroatoms. The average Bonchev–Trinajstić information content (AvgIpc) is 3.13. The summed E-state index contributed by atoms with van der Waals surface area (Å²) in [5, 5.41) is 11.9. The van der Waals surface area contributed by atoms with Gasteiger partial charge in [-0.15, -0.1) is 35.3 Å². The van der Waals surface area contributed by atoms with Crippen molar-refractivity contribution >= 4 is 41.3 Å². The molecule has 0 radical (unpaired) electrons. The molecule has 22 heavy (non-hydrogen) atoms. The first kappa shape index (κ1) is 18.9. The molecule has 6 nitrogen and oxygen atoms in total. The smallest absolute Gasteiger partial charge is 0.190 e. The van der Waals surface area contributed by atoms with Crippen LogP contribution in [0.3, 0.4) is 0 Å². The van der Waals surface area contributed by atoms with Crippen molar-refractivity contribution in [2.45, 2.75) is 26.3 Å². The van der Waals surface area contributed by atoms with Crippen LogP contribution in [0.15, 0.2) is 29.6 Å². The number of nitrogens with one attached hydrogen (secondary N) is 2. The monoisotopic (exact) mass is 434 g/mol. The first-order valence-electron chi connectivity index (χ1n) is 7.11. The topological polar surface area (TPSA) is 67.1 Å². The van der Waals surface area contributed by atoms with Crippen LogP contribution in [0.5, 0.6) is 0 Å². The number of nitrogens with zero attached hydrogens (tertiary/aromatic N) is 4. The van der Waals surface area contributed by atoms with Crippen molar-refractivity contribution in [3.63, 3.8) is 0 Å². The molecule has 0 spiro atoms. The van der Waals surface area contributed by atoms with E-state index in [1.165, 1.54) is 4.88 Å². The molecule has 0 aromatic carbocycles. The van der Waals surface area contributed by atoms with Crippen molar-refractivity contribution in [1.29, 1.82) is 0 Å². The second kappa shape index (κ2) is 10.5. The lowest BCUT2D eigenvalue weighted by Crippen LogP contribution is -2.39. The predicted molar refractivity (Wildman–Crippen MR) is 102 cm³/mol. The Morgan fingerprint density at radius 1 is 1.36 bits per heavy atom. The molecule has 2 heterocycles. The van der Waals surface area contributed by atoms with Crippen LogP contribution in [0.25, 0.3) is 0 Å². The number of aromatic nitrogens is 3. The Balaban J connectivity index is 0.00000242. The minimum atomic E-state index is 0. The van der Waals surface area contributed by atoms with Crippen LogP contribution in [-0.4, -0.2) is 40.9 Å². The van der Waals surface area contributed by atoms with Crippen LogP contribution in [0.1, 0.15) is 16.3 Å². The molecule has 0 aliphatic carbocycles. The molecule has 2 rings (SSSR count). The Labute approximate surface area is 152 Å². The number of halogens is 1. The van der Waals surface area contributed by atoms with Gasteiger partial charge in [0, 0.05) is 56.6 Å². The van der Waals surface area contributed by atoms with E-state index in [4.69, 9.17) is 0 Å². The summed E-state index contributed by atoms with van der Waals surface area (Å²) in [6.07, 6.45) is 7.63. The van der Waals surface area contributed by atoms with Crippen LogP contribution >= 0.6 is 35.3 Å². The Kier molecular flexibility index (Phi) is 9.05.